The van der Waals surface area contributed by atoms with Crippen molar-refractivity contribution in [3.63, 3.8) is 0 Å². The molecule has 0 atom stereocenters. The Morgan fingerprint density at radius 1 is 1.59 bits per heavy atom. The van der Waals surface area contributed by atoms with E-state index in [4.69, 9.17) is 11.6 Å². The molecule has 2 aromatic heterocycles. The van der Waals surface area contributed by atoms with E-state index in [1.165, 1.54) is 0 Å². The van der Waals surface area contributed by atoms with Crippen LogP contribution in [0.15, 0.2) is 23.3 Å². The Kier molecular flexibility index (Phi) is 3.10. The van der Waals surface area contributed by atoms with Crippen LogP contribution in [0.3, 0.4) is 0 Å². The fourth-order valence-corrected chi connectivity index (χ4v) is 1.78. The van der Waals surface area contributed by atoms with E-state index in [9.17, 15) is 4.79 Å². The van der Waals surface area contributed by atoms with E-state index in [1.807, 2.05) is 6.92 Å². The van der Waals surface area contributed by atoms with Gasteiger partial charge in [-0.2, -0.15) is 0 Å². The number of nitrogens with one attached hydrogen (secondary N) is 2. The van der Waals surface area contributed by atoms with Crippen molar-refractivity contribution in [3.8, 4) is 0 Å². The Bertz CT molecular complexity index is 647. The topological polar surface area (TPSA) is 70.7 Å². The molecule has 0 aliphatic rings. The number of fused-ring (bicyclic) bond motifs is 1. The molecule has 2 aromatic rings. The summed E-state index contributed by atoms with van der Waals surface area (Å²) in [6.07, 6.45) is 3.37. The first-order valence-corrected chi connectivity index (χ1v) is 5.40. The van der Waals surface area contributed by atoms with E-state index < -0.39 is 0 Å². The summed E-state index contributed by atoms with van der Waals surface area (Å²) in [5, 5.41) is 3.45. The molecule has 2 heterocycles. The predicted molar refractivity (Wildman–Crippen MR) is 67.9 cm³/mol. The Morgan fingerprint density at radius 2 is 2.35 bits per heavy atom. The maximum atomic E-state index is 11.7. The highest BCUT2D eigenvalue weighted by Gasteiger charge is 2.09. The first-order chi connectivity index (χ1) is 8.13. The van der Waals surface area contributed by atoms with Crippen molar-refractivity contribution in [1.82, 2.24) is 20.3 Å². The Hall–Kier alpha value is -1.88. The number of rotatable bonds is 2. The highest BCUT2D eigenvalue weighted by molar-refractivity contribution is 6.28. The van der Waals surface area contributed by atoms with Crippen LogP contribution in [0.4, 0.5) is 0 Å². The summed E-state index contributed by atoms with van der Waals surface area (Å²) in [4.78, 5) is 22.5. The molecule has 2 rings (SSSR count). The maximum absolute atomic E-state index is 11.7. The zero-order chi connectivity index (χ0) is 12.4. The van der Waals surface area contributed by atoms with Crippen LogP contribution in [0.5, 0.6) is 0 Å². The summed E-state index contributed by atoms with van der Waals surface area (Å²) in [6.45, 7) is 1.88. The van der Waals surface area contributed by atoms with Gasteiger partial charge in [0.15, 0.2) is 0 Å². The minimum atomic E-state index is -0.263. The molecule has 2 N–H and O–H groups in total. The summed E-state index contributed by atoms with van der Waals surface area (Å²) in [7, 11) is 1.79. The van der Waals surface area contributed by atoms with E-state index in [2.05, 4.69) is 20.3 Å². The van der Waals surface area contributed by atoms with Crippen molar-refractivity contribution in [2.45, 2.75) is 6.92 Å². The summed E-state index contributed by atoms with van der Waals surface area (Å²) in [5.74, 6) is 0. The normalized spacial score (nSPS) is 11.8. The Labute approximate surface area is 103 Å². The molecule has 0 saturated carbocycles. The van der Waals surface area contributed by atoms with E-state index in [-0.39, 0.29) is 10.8 Å². The molecule has 0 radical (unpaired) electrons. The van der Waals surface area contributed by atoms with Gasteiger partial charge >= 0.3 is 0 Å². The number of aromatic amines is 1. The van der Waals surface area contributed by atoms with Gasteiger partial charge in [0.05, 0.1) is 11.1 Å². The lowest BCUT2D eigenvalue weighted by atomic mass is 10.1. The average Bonchev–Trinajstić information content (AvgIpc) is 2.28. The molecule has 0 unspecified atom stereocenters. The lowest BCUT2D eigenvalue weighted by molar-refractivity contribution is 1.09. The van der Waals surface area contributed by atoms with Crippen molar-refractivity contribution < 1.29 is 0 Å². The molecule has 0 aliphatic heterocycles. The minimum Gasteiger partial charge on any atom is -0.394 e. The zero-order valence-corrected chi connectivity index (χ0v) is 10.2. The van der Waals surface area contributed by atoms with Gasteiger partial charge in [-0.3, -0.25) is 14.8 Å². The second kappa shape index (κ2) is 4.55. The molecule has 0 bridgehead atoms. The van der Waals surface area contributed by atoms with E-state index in [0.717, 1.165) is 5.57 Å². The molecule has 0 fully saturated rings. The molecular formula is C11H11ClN4O. The fraction of sp³-hybridized carbons (Fsp3) is 0.182. The summed E-state index contributed by atoms with van der Waals surface area (Å²) < 4.78 is 0. The number of H-pyrrole nitrogens is 1. The van der Waals surface area contributed by atoms with Crippen molar-refractivity contribution in [2.75, 3.05) is 7.05 Å². The molecule has 6 heteroatoms. The van der Waals surface area contributed by atoms with E-state index in [0.29, 0.717) is 16.6 Å². The summed E-state index contributed by atoms with van der Waals surface area (Å²) in [5.41, 5.74) is 1.77. The van der Waals surface area contributed by atoms with Crippen molar-refractivity contribution >= 4 is 28.1 Å². The second-order valence-electron chi connectivity index (χ2n) is 3.53. The number of hydrogen-bond acceptors (Lipinski definition) is 4. The molecule has 0 aliphatic carbocycles. The smallest absolute Gasteiger partial charge is 0.259 e. The van der Waals surface area contributed by atoms with Crippen LogP contribution in [0.1, 0.15) is 12.6 Å². The fourth-order valence-electron chi connectivity index (χ4n) is 1.61. The number of hydrogen-bond donors (Lipinski definition) is 2. The molecule has 0 spiro atoms. The van der Waals surface area contributed by atoms with E-state index in [1.54, 1.807) is 25.5 Å². The monoisotopic (exact) mass is 250 g/mol. The first kappa shape index (κ1) is 11.6. The van der Waals surface area contributed by atoms with Crippen LogP contribution in [-0.4, -0.2) is 22.0 Å². The third-order valence-electron chi connectivity index (χ3n) is 2.33. The SMILES string of the molecule is CN/C=C(\C)c1nccc2c(=O)[nH]c(Cl)nc12. The number of aromatic nitrogens is 3. The van der Waals surface area contributed by atoms with Gasteiger partial charge in [-0.05, 0) is 30.2 Å². The Balaban J connectivity index is 2.82. The van der Waals surface area contributed by atoms with Crippen molar-refractivity contribution in [3.05, 3.63) is 39.8 Å². The van der Waals surface area contributed by atoms with Crippen LogP contribution >= 0.6 is 11.6 Å². The standard InChI is InChI=1S/C11H11ClN4O/c1-6(5-13-2)8-9-7(3-4-14-8)10(17)16-11(12)15-9/h3-5,13H,1-2H3,(H,15,16,17)/b6-5+. The van der Waals surface area contributed by atoms with Crippen molar-refractivity contribution in [2.24, 2.45) is 0 Å². The van der Waals surface area contributed by atoms with Crippen LogP contribution in [0, 0.1) is 0 Å². The highest BCUT2D eigenvalue weighted by Crippen LogP contribution is 2.18. The van der Waals surface area contributed by atoms with Gasteiger partial charge in [0.1, 0.15) is 5.52 Å². The quantitative estimate of drug-likeness (QED) is 0.794. The van der Waals surface area contributed by atoms with Gasteiger partial charge in [0.25, 0.3) is 5.56 Å². The average molecular weight is 251 g/mol. The number of allylic oxidation sites excluding steroid dienone is 1. The molecule has 0 amide bonds. The second-order valence-corrected chi connectivity index (χ2v) is 3.89. The van der Waals surface area contributed by atoms with E-state index >= 15 is 0 Å². The van der Waals surface area contributed by atoms with Crippen LogP contribution in [0.25, 0.3) is 16.5 Å². The van der Waals surface area contributed by atoms with Gasteiger partial charge in [-0.25, -0.2) is 4.98 Å². The minimum absolute atomic E-state index is 0.0639. The third-order valence-corrected chi connectivity index (χ3v) is 2.51. The van der Waals surface area contributed by atoms with Gasteiger partial charge in [-0.15, -0.1) is 0 Å². The summed E-state index contributed by atoms with van der Waals surface area (Å²) in [6, 6.07) is 1.62. The Morgan fingerprint density at radius 3 is 3.06 bits per heavy atom. The van der Waals surface area contributed by atoms with Gasteiger partial charge < -0.3 is 5.32 Å². The number of nitrogens with zero attached hydrogens (tertiary/aromatic N) is 2. The van der Waals surface area contributed by atoms with Crippen LogP contribution < -0.4 is 10.9 Å². The first-order valence-electron chi connectivity index (χ1n) is 5.02. The van der Waals surface area contributed by atoms with Crippen molar-refractivity contribution in [1.29, 1.82) is 0 Å². The molecular weight excluding hydrogens is 240 g/mol. The lowest BCUT2D eigenvalue weighted by Crippen LogP contribution is -2.09. The number of pyridine rings is 1. The lowest BCUT2D eigenvalue weighted by Gasteiger charge is -2.04. The van der Waals surface area contributed by atoms with Gasteiger partial charge in [0.2, 0.25) is 5.28 Å². The third kappa shape index (κ3) is 2.14. The molecule has 0 saturated heterocycles. The molecule has 88 valence electrons. The van der Waals surface area contributed by atoms with Gasteiger partial charge in [-0.1, -0.05) is 0 Å². The summed E-state index contributed by atoms with van der Waals surface area (Å²) >= 11 is 5.75. The zero-order valence-electron chi connectivity index (χ0n) is 9.41. The van der Waals surface area contributed by atoms with Crippen LogP contribution in [-0.2, 0) is 0 Å². The van der Waals surface area contributed by atoms with Crippen LogP contribution in [0.2, 0.25) is 5.28 Å². The van der Waals surface area contributed by atoms with Gasteiger partial charge in [0, 0.05) is 19.4 Å². The highest BCUT2D eigenvalue weighted by atomic mass is 35.5. The maximum Gasteiger partial charge on any atom is 0.259 e. The molecule has 17 heavy (non-hydrogen) atoms. The predicted octanol–water partition coefficient (Wildman–Crippen LogP) is 1.55. The molecule has 0 aromatic carbocycles. The molecule has 5 nitrogen and oxygen atoms in total. The largest absolute Gasteiger partial charge is 0.394 e. The number of halogens is 1.